The topological polar surface area (TPSA) is 44.5 Å². The second-order valence-corrected chi connectivity index (χ2v) is 5.36. The number of hydrogen-bond acceptors (Lipinski definition) is 3. The number of hydrogen-bond donors (Lipinski definition) is 1. The maximum absolute atomic E-state index is 5.99. The second-order valence-electron chi connectivity index (χ2n) is 5.36. The molecule has 108 valence electrons. The lowest BCUT2D eigenvalue weighted by Crippen LogP contribution is -2.33. The van der Waals surface area contributed by atoms with Crippen molar-refractivity contribution in [3.63, 3.8) is 0 Å². The molecule has 1 heterocycles. The van der Waals surface area contributed by atoms with E-state index in [1.807, 2.05) is 12.1 Å². The molecule has 3 nitrogen and oxygen atoms in total. The molecule has 0 aromatic heterocycles. The monoisotopic (exact) mass is 273 g/mol. The van der Waals surface area contributed by atoms with Crippen molar-refractivity contribution in [3.05, 3.63) is 35.4 Å². The van der Waals surface area contributed by atoms with Crippen LogP contribution in [0.4, 0.5) is 0 Å². The third-order valence-corrected chi connectivity index (χ3v) is 3.43. The van der Waals surface area contributed by atoms with Crippen LogP contribution in [0, 0.1) is 11.8 Å². The first-order chi connectivity index (χ1) is 9.67. The molecule has 0 amide bonds. The molecule has 3 heteroatoms. The molecule has 20 heavy (non-hydrogen) atoms. The van der Waals surface area contributed by atoms with Gasteiger partial charge in [0.25, 0.3) is 0 Å². The SMILES string of the molecule is CC1CC(OCc2ccc(C#CCN)cc2)CC(C)O1. The average molecular weight is 273 g/mol. The van der Waals surface area contributed by atoms with E-state index in [9.17, 15) is 0 Å². The van der Waals surface area contributed by atoms with E-state index >= 15 is 0 Å². The van der Waals surface area contributed by atoms with Gasteiger partial charge in [-0.2, -0.15) is 0 Å². The lowest BCUT2D eigenvalue weighted by Gasteiger charge is -2.32. The quantitative estimate of drug-likeness (QED) is 0.860. The summed E-state index contributed by atoms with van der Waals surface area (Å²) in [5.74, 6) is 5.87. The van der Waals surface area contributed by atoms with Crippen LogP contribution in [0.5, 0.6) is 0 Å². The van der Waals surface area contributed by atoms with E-state index in [0.29, 0.717) is 19.3 Å². The minimum Gasteiger partial charge on any atom is -0.375 e. The first-order valence-corrected chi connectivity index (χ1v) is 7.22. The van der Waals surface area contributed by atoms with Gasteiger partial charge in [-0.05, 0) is 44.4 Å². The lowest BCUT2D eigenvalue weighted by atomic mass is 10.0. The number of nitrogens with two attached hydrogens (primary N) is 1. The van der Waals surface area contributed by atoms with Gasteiger partial charge >= 0.3 is 0 Å². The fourth-order valence-corrected chi connectivity index (χ4v) is 2.53. The third-order valence-electron chi connectivity index (χ3n) is 3.43. The number of benzene rings is 1. The van der Waals surface area contributed by atoms with Gasteiger partial charge < -0.3 is 15.2 Å². The average Bonchev–Trinajstić information content (AvgIpc) is 2.43. The van der Waals surface area contributed by atoms with Crippen LogP contribution in [0.1, 0.15) is 37.8 Å². The van der Waals surface area contributed by atoms with Crippen LogP contribution in [-0.2, 0) is 16.1 Å². The summed E-state index contributed by atoms with van der Waals surface area (Å²) in [5.41, 5.74) is 7.52. The Morgan fingerprint density at radius 2 is 1.85 bits per heavy atom. The largest absolute Gasteiger partial charge is 0.375 e. The predicted octanol–water partition coefficient (Wildman–Crippen LogP) is 2.47. The van der Waals surface area contributed by atoms with Crippen molar-refractivity contribution < 1.29 is 9.47 Å². The normalized spacial score (nSPS) is 25.9. The van der Waals surface area contributed by atoms with Crippen molar-refractivity contribution in [2.24, 2.45) is 5.73 Å². The minimum absolute atomic E-state index is 0.290. The summed E-state index contributed by atoms with van der Waals surface area (Å²) in [6.45, 7) is 5.26. The van der Waals surface area contributed by atoms with Gasteiger partial charge in [-0.1, -0.05) is 24.0 Å². The Kier molecular flexibility index (Phi) is 5.60. The van der Waals surface area contributed by atoms with Crippen molar-refractivity contribution in [1.82, 2.24) is 0 Å². The molecule has 1 fully saturated rings. The van der Waals surface area contributed by atoms with Gasteiger partial charge in [0.05, 0.1) is 31.5 Å². The molecule has 2 N–H and O–H groups in total. The van der Waals surface area contributed by atoms with E-state index in [-0.39, 0.29) is 12.2 Å². The molecule has 0 spiro atoms. The molecule has 0 saturated carbocycles. The van der Waals surface area contributed by atoms with Crippen molar-refractivity contribution >= 4 is 0 Å². The zero-order valence-corrected chi connectivity index (χ0v) is 12.3. The Hall–Kier alpha value is -1.34. The maximum atomic E-state index is 5.99. The summed E-state index contributed by atoms with van der Waals surface area (Å²) in [7, 11) is 0. The summed E-state index contributed by atoms with van der Waals surface area (Å²) in [5, 5.41) is 0. The van der Waals surface area contributed by atoms with Crippen LogP contribution >= 0.6 is 0 Å². The number of rotatable bonds is 3. The predicted molar refractivity (Wildman–Crippen MR) is 80.2 cm³/mol. The second kappa shape index (κ2) is 7.44. The fraction of sp³-hybridized carbons (Fsp3) is 0.529. The highest BCUT2D eigenvalue weighted by Gasteiger charge is 2.24. The standard InChI is InChI=1S/C17H23NO2/c1-13-10-17(11-14(2)20-13)19-12-16-7-5-15(6-8-16)4-3-9-18/h5-8,13-14,17H,9-12,18H2,1-2H3. The van der Waals surface area contributed by atoms with Crippen LogP contribution in [0.15, 0.2) is 24.3 Å². The van der Waals surface area contributed by atoms with Crippen LogP contribution in [0.2, 0.25) is 0 Å². The van der Waals surface area contributed by atoms with Crippen molar-refractivity contribution in [2.75, 3.05) is 6.54 Å². The molecule has 2 unspecified atom stereocenters. The Morgan fingerprint density at radius 3 is 2.45 bits per heavy atom. The lowest BCUT2D eigenvalue weighted by molar-refractivity contribution is -0.106. The van der Waals surface area contributed by atoms with Gasteiger partial charge in [0.1, 0.15) is 0 Å². The Labute approximate surface area is 121 Å². The van der Waals surface area contributed by atoms with E-state index in [2.05, 4.69) is 37.8 Å². The van der Waals surface area contributed by atoms with Crippen molar-refractivity contribution in [1.29, 1.82) is 0 Å². The Morgan fingerprint density at radius 1 is 1.20 bits per heavy atom. The summed E-state index contributed by atoms with van der Waals surface area (Å²) in [4.78, 5) is 0. The summed E-state index contributed by atoms with van der Waals surface area (Å²) < 4.78 is 11.7. The third kappa shape index (κ3) is 4.64. The van der Waals surface area contributed by atoms with E-state index in [1.165, 1.54) is 5.56 Å². The van der Waals surface area contributed by atoms with E-state index in [0.717, 1.165) is 18.4 Å². The molecule has 2 rings (SSSR count). The molecular weight excluding hydrogens is 250 g/mol. The molecule has 1 saturated heterocycles. The summed E-state index contributed by atoms with van der Waals surface area (Å²) in [6.07, 6.45) is 2.83. The van der Waals surface area contributed by atoms with E-state index in [1.54, 1.807) is 0 Å². The van der Waals surface area contributed by atoms with Gasteiger partial charge in [-0.25, -0.2) is 0 Å². The van der Waals surface area contributed by atoms with Crippen LogP contribution in [0.25, 0.3) is 0 Å². The number of ether oxygens (including phenoxy) is 2. The highest BCUT2D eigenvalue weighted by atomic mass is 16.5. The Bertz CT molecular complexity index is 462. The fourth-order valence-electron chi connectivity index (χ4n) is 2.53. The zero-order chi connectivity index (χ0) is 14.4. The van der Waals surface area contributed by atoms with Crippen LogP contribution in [0.3, 0.4) is 0 Å². The van der Waals surface area contributed by atoms with Crippen molar-refractivity contribution in [2.45, 2.75) is 51.6 Å². The zero-order valence-electron chi connectivity index (χ0n) is 12.3. The van der Waals surface area contributed by atoms with Gasteiger partial charge in [-0.3, -0.25) is 0 Å². The molecule has 1 aliphatic rings. The molecular formula is C17H23NO2. The molecule has 0 bridgehead atoms. The molecule has 0 aliphatic carbocycles. The van der Waals surface area contributed by atoms with Gasteiger partial charge in [0.15, 0.2) is 0 Å². The molecule has 1 aromatic rings. The smallest absolute Gasteiger partial charge is 0.0720 e. The molecule has 2 atom stereocenters. The minimum atomic E-state index is 0.290. The molecule has 0 radical (unpaired) electrons. The Balaban J connectivity index is 1.84. The maximum Gasteiger partial charge on any atom is 0.0720 e. The summed E-state index contributed by atoms with van der Waals surface area (Å²) >= 11 is 0. The van der Waals surface area contributed by atoms with Crippen LogP contribution < -0.4 is 5.73 Å². The van der Waals surface area contributed by atoms with Crippen LogP contribution in [-0.4, -0.2) is 24.9 Å². The van der Waals surface area contributed by atoms with E-state index in [4.69, 9.17) is 15.2 Å². The highest BCUT2D eigenvalue weighted by molar-refractivity contribution is 5.36. The summed E-state index contributed by atoms with van der Waals surface area (Å²) in [6, 6.07) is 8.15. The van der Waals surface area contributed by atoms with Gasteiger partial charge in [0.2, 0.25) is 0 Å². The first kappa shape index (κ1) is 15.1. The van der Waals surface area contributed by atoms with Gasteiger partial charge in [-0.15, -0.1) is 0 Å². The highest BCUT2D eigenvalue weighted by Crippen LogP contribution is 2.22. The van der Waals surface area contributed by atoms with Crippen molar-refractivity contribution in [3.8, 4) is 11.8 Å². The molecule has 1 aromatic carbocycles. The molecule has 1 aliphatic heterocycles. The van der Waals surface area contributed by atoms with E-state index < -0.39 is 0 Å². The van der Waals surface area contributed by atoms with Gasteiger partial charge in [0, 0.05) is 5.56 Å². The first-order valence-electron chi connectivity index (χ1n) is 7.22.